The fourth-order valence-corrected chi connectivity index (χ4v) is 3.47. The smallest absolute Gasteiger partial charge is 0.266 e. The second kappa shape index (κ2) is 6.67. The Morgan fingerprint density at radius 3 is 3.00 bits per heavy atom. The zero-order chi connectivity index (χ0) is 18.1. The number of carbonyl (C=O) groups excluding carboxylic acids is 1. The van der Waals surface area contributed by atoms with Crippen LogP contribution in [0.15, 0.2) is 47.4 Å². The van der Waals surface area contributed by atoms with Crippen molar-refractivity contribution < 1.29 is 4.79 Å². The molecule has 0 saturated carbocycles. The lowest BCUT2D eigenvalue weighted by Gasteiger charge is -2.18. The monoisotopic (exact) mass is 351 g/mol. The van der Waals surface area contributed by atoms with Crippen molar-refractivity contribution in [1.29, 1.82) is 0 Å². The highest BCUT2D eigenvalue weighted by Crippen LogP contribution is 2.19. The number of nitrogens with one attached hydrogen (secondary N) is 2. The van der Waals surface area contributed by atoms with Gasteiger partial charge in [0.15, 0.2) is 0 Å². The van der Waals surface area contributed by atoms with Gasteiger partial charge in [-0.05, 0) is 24.1 Å². The number of benzene rings is 1. The van der Waals surface area contributed by atoms with E-state index in [0.717, 1.165) is 35.2 Å². The molecule has 0 spiro atoms. The molecule has 2 aromatic heterocycles. The SMILES string of the molecule is Cn1nc(N2CCC(NC(=O)Cc3c[nH]c4ccccc34)C2)ccc1=O. The molecule has 1 atom stereocenters. The predicted molar refractivity (Wildman–Crippen MR) is 100 cm³/mol. The summed E-state index contributed by atoms with van der Waals surface area (Å²) in [5.74, 6) is 0.788. The van der Waals surface area contributed by atoms with Gasteiger partial charge in [0.1, 0.15) is 5.82 Å². The number of aromatic nitrogens is 3. The summed E-state index contributed by atoms with van der Waals surface area (Å²) in [5.41, 5.74) is 1.92. The Kier molecular flexibility index (Phi) is 4.20. The molecule has 0 bridgehead atoms. The first kappa shape index (κ1) is 16.4. The molecule has 1 unspecified atom stereocenters. The van der Waals surface area contributed by atoms with E-state index < -0.39 is 0 Å². The summed E-state index contributed by atoms with van der Waals surface area (Å²) < 4.78 is 1.33. The van der Waals surface area contributed by atoms with Gasteiger partial charge in [-0.1, -0.05) is 18.2 Å². The molecular weight excluding hydrogens is 330 g/mol. The van der Waals surface area contributed by atoms with E-state index in [1.165, 1.54) is 10.7 Å². The van der Waals surface area contributed by atoms with Crippen LogP contribution in [0.4, 0.5) is 5.82 Å². The molecule has 1 aliphatic rings. The van der Waals surface area contributed by atoms with Crippen molar-refractivity contribution >= 4 is 22.6 Å². The number of hydrogen-bond acceptors (Lipinski definition) is 4. The van der Waals surface area contributed by atoms with Crippen LogP contribution in [-0.2, 0) is 18.3 Å². The fraction of sp³-hybridized carbons (Fsp3) is 0.316. The number of rotatable bonds is 4. The first-order valence-electron chi connectivity index (χ1n) is 8.74. The summed E-state index contributed by atoms with van der Waals surface area (Å²) in [7, 11) is 1.64. The topological polar surface area (TPSA) is 83.0 Å². The minimum absolute atomic E-state index is 0.0232. The van der Waals surface area contributed by atoms with Crippen LogP contribution in [0.5, 0.6) is 0 Å². The highest BCUT2D eigenvalue weighted by atomic mass is 16.1. The summed E-state index contributed by atoms with van der Waals surface area (Å²) in [5, 5.41) is 8.48. The van der Waals surface area contributed by atoms with E-state index in [2.05, 4.69) is 20.3 Å². The van der Waals surface area contributed by atoms with E-state index in [1.807, 2.05) is 30.5 Å². The average Bonchev–Trinajstić information content (AvgIpc) is 3.25. The summed E-state index contributed by atoms with van der Waals surface area (Å²) in [6, 6.07) is 11.3. The van der Waals surface area contributed by atoms with Gasteiger partial charge in [-0.2, -0.15) is 5.10 Å². The first-order chi connectivity index (χ1) is 12.6. The van der Waals surface area contributed by atoms with Crippen molar-refractivity contribution in [1.82, 2.24) is 20.1 Å². The maximum absolute atomic E-state index is 12.4. The van der Waals surface area contributed by atoms with Gasteiger partial charge >= 0.3 is 0 Å². The number of anilines is 1. The molecule has 134 valence electrons. The van der Waals surface area contributed by atoms with Crippen LogP contribution in [0, 0.1) is 0 Å². The largest absolute Gasteiger partial charge is 0.361 e. The second-order valence-corrected chi connectivity index (χ2v) is 6.69. The van der Waals surface area contributed by atoms with Crippen LogP contribution < -0.4 is 15.8 Å². The maximum Gasteiger partial charge on any atom is 0.266 e. The highest BCUT2D eigenvalue weighted by Gasteiger charge is 2.25. The van der Waals surface area contributed by atoms with E-state index >= 15 is 0 Å². The minimum atomic E-state index is -0.128. The quantitative estimate of drug-likeness (QED) is 0.740. The zero-order valence-electron chi connectivity index (χ0n) is 14.6. The van der Waals surface area contributed by atoms with Crippen LogP contribution in [0.3, 0.4) is 0 Å². The summed E-state index contributed by atoms with van der Waals surface area (Å²) in [6.45, 7) is 1.51. The number of hydrogen-bond donors (Lipinski definition) is 2. The number of fused-ring (bicyclic) bond motifs is 1. The molecule has 1 aliphatic heterocycles. The number of carbonyl (C=O) groups is 1. The van der Waals surface area contributed by atoms with E-state index in [1.54, 1.807) is 13.1 Å². The Bertz CT molecular complexity index is 1010. The van der Waals surface area contributed by atoms with Gasteiger partial charge in [0.05, 0.1) is 6.42 Å². The lowest BCUT2D eigenvalue weighted by Crippen LogP contribution is -2.38. The molecule has 1 fully saturated rings. The van der Waals surface area contributed by atoms with Gasteiger partial charge in [-0.15, -0.1) is 0 Å². The van der Waals surface area contributed by atoms with Gasteiger partial charge in [0, 0.05) is 49.3 Å². The normalized spacial score (nSPS) is 17.0. The van der Waals surface area contributed by atoms with Crippen LogP contribution in [0.2, 0.25) is 0 Å². The number of amides is 1. The Morgan fingerprint density at radius 2 is 2.15 bits per heavy atom. The lowest BCUT2D eigenvalue weighted by atomic mass is 10.1. The number of aryl methyl sites for hydroxylation is 1. The van der Waals surface area contributed by atoms with Crippen molar-refractivity contribution in [2.24, 2.45) is 7.05 Å². The van der Waals surface area contributed by atoms with E-state index in [4.69, 9.17) is 0 Å². The summed E-state index contributed by atoms with van der Waals surface area (Å²) in [4.78, 5) is 29.2. The van der Waals surface area contributed by atoms with Crippen LogP contribution in [0.1, 0.15) is 12.0 Å². The minimum Gasteiger partial charge on any atom is -0.361 e. The third-order valence-electron chi connectivity index (χ3n) is 4.85. The number of nitrogens with zero attached hydrogens (tertiary/aromatic N) is 3. The standard InChI is InChI=1S/C19H21N5O2/c1-23-19(26)7-6-17(22-23)24-9-8-14(12-24)21-18(25)10-13-11-20-16-5-3-2-4-15(13)16/h2-7,11,14,20H,8-10,12H2,1H3,(H,21,25). The average molecular weight is 351 g/mol. The van der Waals surface area contributed by atoms with Gasteiger partial charge in [-0.25, -0.2) is 4.68 Å². The third-order valence-corrected chi connectivity index (χ3v) is 4.85. The van der Waals surface area contributed by atoms with Crippen molar-refractivity contribution in [3.8, 4) is 0 Å². The Morgan fingerprint density at radius 1 is 1.31 bits per heavy atom. The molecule has 3 aromatic rings. The summed E-state index contributed by atoms with van der Waals surface area (Å²) in [6.07, 6.45) is 3.13. The highest BCUT2D eigenvalue weighted by molar-refractivity contribution is 5.89. The zero-order valence-corrected chi connectivity index (χ0v) is 14.6. The third kappa shape index (κ3) is 3.20. The molecule has 1 amide bonds. The van der Waals surface area contributed by atoms with Crippen LogP contribution >= 0.6 is 0 Å². The number of aromatic amines is 1. The summed E-state index contributed by atoms with van der Waals surface area (Å²) >= 11 is 0. The van der Waals surface area contributed by atoms with E-state index in [0.29, 0.717) is 13.0 Å². The van der Waals surface area contributed by atoms with Gasteiger partial charge in [0.2, 0.25) is 5.91 Å². The second-order valence-electron chi connectivity index (χ2n) is 6.69. The van der Waals surface area contributed by atoms with Crippen molar-refractivity contribution in [3.05, 3.63) is 58.5 Å². The van der Waals surface area contributed by atoms with Gasteiger partial charge < -0.3 is 15.2 Å². The number of para-hydroxylation sites is 1. The lowest BCUT2D eigenvalue weighted by molar-refractivity contribution is -0.121. The molecule has 2 N–H and O–H groups in total. The fourth-order valence-electron chi connectivity index (χ4n) is 3.47. The molecule has 1 aromatic carbocycles. The Hall–Kier alpha value is -3.09. The molecule has 3 heterocycles. The molecule has 26 heavy (non-hydrogen) atoms. The predicted octanol–water partition coefficient (Wildman–Crippen LogP) is 1.20. The number of H-pyrrole nitrogens is 1. The van der Waals surface area contributed by atoms with Crippen LogP contribution in [0.25, 0.3) is 10.9 Å². The maximum atomic E-state index is 12.4. The Balaban J connectivity index is 1.38. The molecule has 7 nitrogen and oxygen atoms in total. The van der Waals surface area contributed by atoms with E-state index in [-0.39, 0.29) is 17.5 Å². The van der Waals surface area contributed by atoms with E-state index in [9.17, 15) is 9.59 Å². The van der Waals surface area contributed by atoms with Crippen LogP contribution in [-0.4, -0.2) is 39.8 Å². The van der Waals surface area contributed by atoms with Gasteiger partial charge in [-0.3, -0.25) is 9.59 Å². The Labute approximate surface area is 150 Å². The molecule has 1 saturated heterocycles. The van der Waals surface area contributed by atoms with Crippen molar-refractivity contribution in [2.45, 2.75) is 18.9 Å². The molecule has 0 radical (unpaired) electrons. The van der Waals surface area contributed by atoms with Crippen molar-refractivity contribution in [3.63, 3.8) is 0 Å². The first-order valence-corrected chi connectivity index (χ1v) is 8.74. The molecule has 4 rings (SSSR count). The van der Waals surface area contributed by atoms with Gasteiger partial charge in [0.25, 0.3) is 5.56 Å². The molecule has 7 heteroatoms. The molecular formula is C19H21N5O2. The van der Waals surface area contributed by atoms with Crippen molar-refractivity contribution in [2.75, 3.05) is 18.0 Å². The molecule has 0 aliphatic carbocycles.